The minimum Gasteiger partial charge on any atom is -0.490 e. The van der Waals surface area contributed by atoms with Crippen molar-refractivity contribution in [3.05, 3.63) is 24.3 Å². The number of ether oxygens (including phenoxy) is 2. The van der Waals surface area contributed by atoms with E-state index in [1.54, 1.807) is 35.7 Å². The van der Waals surface area contributed by atoms with Crippen LogP contribution < -0.4 is 4.74 Å². The normalized spacial score (nSPS) is 20.8. The Labute approximate surface area is 150 Å². The van der Waals surface area contributed by atoms with E-state index < -0.39 is 10.0 Å². The van der Waals surface area contributed by atoms with Crippen molar-refractivity contribution in [2.45, 2.75) is 36.7 Å². The Hall–Kier alpha value is -1.15. The topological polar surface area (TPSA) is 59.1 Å². The molecule has 0 atom stereocenters. The van der Waals surface area contributed by atoms with Crippen LogP contribution in [-0.2, 0) is 14.8 Å². The SMILES string of the molecule is COCCN1CCN(S(=O)(=O)c2ccc(OC3CCCC3)cc2)CC1. The monoisotopic (exact) mass is 368 g/mol. The molecule has 25 heavy (non-hydrogen) atoms. The summed E-state index contributed by atoms with van der Waals surface area (Å²) in [4.78, 5) is 2.57. The maximum Gasteiger partial charge on any atom is 0.243 e. The molecule has 0 aromatic heterocycles. The molecular weight excluding hydrogens is 340 g/mol. The first kappa shape index (κ1) is 18.6. The first-order valence-corrected chi connectivity index (χ1v) is 10.5. The van der Waals surface area contributed by atoms with Gasteiger partial charge in [-0.1, -0.05) is 0 Å². The highest BCUT2D eigenvalue weighted by Gasteiger charge is 2.28. The third-order valence-electron chi connectivity index (χ3n) is 5.01. The van der Waals surface area contributed by atoms with Crippen molar-refractivity contribution >= 4 is 10.0 Å². The number of methoxy groups -OCH3 is 1. The van der Waals surface area contributed by atoms with Gasteiger partial charge in [0.2, 0.25) is 10.0 Å². The number of piperazine rings is 1. The quantitative estimate of drug-likeness (QED) is 0.736. The van der Waals surface area contributed by atoms with Gasteiger partial charge in [-0.3, -0.25) is 4.90 Å². The Kier molecular flexibility index (Phi) is 6.33. The van der Waals surface area contributed by atoms with Crippen LogP contribution in [0.15, 0.2) is 29.2 Å². The minimum atomic E-state index is -3.43. The molecule has 140 valence electrons. The lowest BCUT2D eigenvalue weighted by Gasteiger charge is -2.33. The second kappa shape index (κ2) is 8.49. The highest BCUT2D eigenvalue weighted by atomic mass is 32.2. The van der Waals surface area contributed by atoms with Gasteiger partial charge in [0.1, 0.15) is 5.75 Å². The Bertz CT molecular complexity index is 634. The van der Waals surface area contributed by atoms with Gasteiger partial charge in [-0.25, -0.2) is 8.42 Å². The molecule has 6 nitrogen and oxygen atoms in total. The molecule has 0 bridgehead atoms. The van der Waals surface area contributed by atoms with E-state index in [4.69, 9.17) is 9.47 Å². The van der Waals surface area contributed by atoms with Crippen LogP contribution in [0.4, 0.5) is 0 Å². The molecule has 1 aliphatic carbocycles. The summed E-state index contributed by atoms with van der Waals surface area (Å²) >= 11 is 0. The fourth-order valence-corrected chi connectivity index (χ4v) is 4.87. The predicted octanol–water partition coefficient (Wildman–Crippen LogP) is 1.96. The average Bonchev–Trinajstić information content (AvgIpc) is 3.14. The van der Waals surface area contributed by atoms with Crippen LogP contribution in [0.25, 0.3) is 0 Å². The van der Waals surface area contributed by atoms with Crippen molar-refractivity contribution in [1.82, 2.24) is 9.21 Å². The van der Waals surface area contributed by atoms with Crippen LogP contribution in [-0.4, -0.2) is 70.2 Å². The number of hydrogen-bond acceptors (Lipinski definition) is 5. The molecule has 0 N–H and O–H groups in total. The van der Waals surface area contributed by atoms with Crippen molar-refractivity contribution in [2.75, 3.05) is 46.4 Å². The van der Waals surface area contributed by atoms with Gasteiger partial charge in [-0.15, -0.1) is 0 Å². The van der Waals surface area contributed by atoms with E-state index in [-0.39, 0.29) is 6.10 Å². The molecule has 0 radical (unpaired) electrons. The zero-order valence-electron chi connectivity index (χ0n) is 14.9. The van der Waals surface area contributed by atoms with Crippen molar-refractivity contribution in [1.29, 1.82) is 0 Å². The molecule has 0 amide bonds. The van der Waals surface area contributed by atoms with Crippen LogP contribution in [0.1, 0.15) is 25.7 Å². The average molecular weight is 368 g/mol. The highest BCUT2D eigenvalue weighted by Crippen LogP contribution is 2.26. The molecule has 1 aliphatic heterocycles. The summed E-state index contributed by atoms with van der Waals surface area (Å²) in [6, 6.07) is 6.88. The number of rotatable bonds is 7. The summed E-state index contributed by atoms with van der Waals surface area (Å²) in [5.41, 5.74) is 0. The molecule has 2 fully saturated rings. The van der Waals surface area contributed by atoms with Gasteiger partial charge >= 0.3 is 0 Å². The van der Waals surface area contributed by atoms with Crippen molar-refractivity contribution in [3.63, 3.8) is 0 Å². The van der Waals surface area contributed by atoms with Gasteiger partial charge in [-0.2, -0.15) is 4.31 Å². The summed E-state index contributed by atoms with van der Waals surface area (Å²) in [5.74, 6) is 0.759. The summed E-state index contributed by atoms with van der Waals surface area (Å²) in [7, 11) is -1.75. The molecule has 1 saturated heterocycles. The highest BCUT2D eigenvalue weighted by molar-refractivity contribution is 7.89. The van der Waals surface area contributed by atoms with Gasteiger partial charge in [0, 0.05) is 39.8 Å². The van der Waals surface area contributed by atoms with E-state index in [0.29, 0.717) is 24.6 Å². The molecule has 0 unspecified atom stereocenters. The Morgan fingerprint density at radius 1 is 1.04 bits per heavy atom. The maximum absolute atomic E-state index is 12.8. The van der Waals surface area contributed by atoms with Crippen molar-refractivity contribution in [3.8, 4) is 5.75 Å². The Balaban J connectivity index is 1.58. The second-order valence-corrected chi connectivity index (χ2v) is 8.67. The predicted molar refractivity (Wildman–Crippen MR) is 96.4 cm³/mol. The van der Waals surface area contributed by atoms with Gasteiger partial charge in [0.15, 0.2) is 0 Å². The second-order valence-electron chi connectivity index (χ2n) is 6.73. The first-order valence-electron chi connectivity index (χ1n) is 9.08. The van der Waals surface area contributed by atoms with E-state index in [1.807, 2.05) is 0 Å². The largest absolute Gasteiger partial charge is 0.490 e. The van der Waals surface area contributed by atoms with E-state index in [0.717, 1.165) is 38.2 Å². The van der Waals surface area contributed by atoms with Crippen molar-refractivity contribution in [2.24, 2.45) is 0 Å². The van der Waals surface area contributed by atoms with Crippen LogP contribution in [0, 0.1) is 0 Å². The summed E-state index contributed by atoms with van der Waals surface area (Å²) in [6.07, 6.45) is 4.89. The maximum atomic E-state index is 12.8. The van der Waals surface area contributed by atoms with E-state index in [9.17, 15) is 8.42 Å². The zero-order valence-corrected chi connectivity index (χ0v) is 15.7. The summed E-state index contributed by atoms with van der Waals surface area (Å²) in [5, 5.41) is 0. The number of sulfonamides is 1. The van der Waals surface area contributed by atoms with Gasteiger partial charge in [-0.05, 0) is 49.9 Å². The molecule has 0 spiro atoms. The Morgan fingerprint density at radius 3 is 2.28 bits per heavy atom. The summed E-state index contributed by atoms with van der Waals surface area (Å²) < 4.78 is 38.2. The van der Waals surface area contributed by atoms with Crippen LogP contribution in [0.5, 0.6) is 5.75 Å². The van der Waals surface area contributed by atoms with E-state index in [1.165, 1.54) is 12.8 Å². The first-order chi connectivity index (χ1) is 12.1. The Morgan fingerprint density at radius 2 is 1.68 bits per heavy atom. The van der Waals surface area contributed by atoms with Gasteiger partial charge < -0.3 is 9.47 Å². The molecule has 2 aliphatic rings. The molecule has 1 heterocycles. The standard InChI is InChI=1S/C18H28N2O4S/c1-23-15-14-19-10-12-20(13-11-19)25(21,22)18-8-6-17(7-9-18)24-16-4-2-3-5-16/h6-9,16H,2-5,10-15H2,1H3. The third-order valence-corrected chi connectivity index (χ3v) is 6.92. The lowest BCUT2D eigenvalue weighted by Crippen LogP contribution is -2.49. The number of hydrogen-bond donors (Lipinski definition) is 0. The molecule has 7 heteroatoms. The van der Waals surface area contributed by atoms with Crippen molar-refractivity contribution < 1.29 is 17.9 Å². The molecule has 1 aromatic rings. The molecular formula is C18H28N2O4S. The molecule has 3 rings (SSSR count). The van der Waals surface area contributed by atoms with Crippen LogP contribution in [0.3, 0.4) is 0 Å². The minimum absolute atomic E-state index is 0.280. The van der Waals surface area contributed by atoms with Gasteiger partial charge in [0.05, 0.1) is 17.6 Å². The lowest BCUT2D eigenvalue weighted by atomic mass is 10.3. The van der Waals surface area contributed by atoms with Gasteiger partial charge in [0.25, 0.3) is 0 Å². The summed E-state index contributed by atoms with van der Waals surface area (Å²) in [6.45, 7) is 4.04. The van der Waals surface area contributed by atoms with Crippen LogP contribution >= 0.6 is 0 Å². The fraction of sp³-hybridized carbons (Fsp3) is 0.667. The fourth-order valence-electron chi connectivity index (χ4n) is 3.45. The van der Waals surface area contributed by atoms with Crippen LogP contribution in [0.2, 0.25) is 0 Å². The zero-order chi connectivity index (χ0) is 17.7. The lowest BCUT2D eigenvalue weighted by molar-refractivity contribution is 0.123. The smallest absolute Gasteiger partial charge is 0.243 e. The molecule has 1 aromatic carbocycles. The van der Waals surface area contributed by atoms with E-state index in [2.05, 4.69) is 4.90 Å². The number of nitrogens with zero attached hydrogens (tertiary/aromatic N) is 2. The van der Waals surface area contributed by atoms with E-state index >= 15 is 0 Å². The molecule has 1 saturated carbocycles. The third kappa shape index (κ3) is 4.73. The number of benzene rings is 1.